The number of para-hydroxylation sites is 2. The largest absolute Gasteiger partial charge is 0.440 e. The number of urea groups is 1. The maximum Gasteiger partial charge on any atom is 0.321 e. The summed E-state index contributed by atoms with van der Waals surface area (Å²) < 4.78 is 5.96. The van der Waals surface area contributed by atoms with Gasteiger partial charge in [-0.25, -0.2) is 9.78 Å². The average Bonchev–Trinajstić information content (AvgIpc) is 3.25. The second-order valence-corrected chi connectivity index (χ2v) is 8.95. The van der Waals surface area contributed by atoms with E-state index >= 15 is 0 Å². The van der Waals surface area contributed by atoms with Gasteiger partial charge in [0.05, 0.1) is 5.92 Å². The van der Waals surface area contributed by atoms with Crippen molar-refractivity contribution >= 4 is 28.5 Å². The molecule has 0 bridgehead atoms. The minimum Gasteiger partial charge on any atom is -0.440 e. The third kappa shape index (κ3) is 4.38. The monoisotopic (exact) mass is 418 g/mol. The van der Waals surface area contributed by atoms with E-state index in [2.05, 4.69) is 34.3 Å². The van der Waals surface area contributed by atoms with Gasteiger partial charge in [0.15, 0.2) is 11.5 Å². The highest BCUT2D eigenvalue weighted by Crippen LogP contribution is 2.29. The lowest BCUT2D eigenvalue weighted by Gasteiger charge is -2.32. The summed E-state index contributed by atoms with van der Waals surface area (Å²) in [6.45, 7) is 5.93. The molecule has 1 unspecified atom stereocenters. The number of carbonyl (C=O) groups excluding carboxylic acids is 1. The SMILES string of the molecule is CC1CCN(c2ccc(NC(=O)N3CCCC(c4nc5ccccc5o4)C3)cc2)CC1. The molecule has 2 saturated heterocycles. The number of amides is 2. The first-order chi connectivity index (χ1) is 15.2. The van der Waals surface area contributed by atoms with Gasteiger partial charge in [-0.2, -0.15) is 0 Å². The molecule has 0 spiro atoms. The van der Waals surface area contributed by atoms with Crippen molar-refractivity contribution in [2.75, 3.05) is 36.4 Å². The molecule has 2 fully saturated rings. The molecule has 6 heteroatoms. The summed E-state index contributed by atoms with van der Waals surface area (Å²) in [6, 6.07) is 16.0. The molecule has 6 nitrogen and oxygen atoms in total. The molecule has 31 heavy (non-hydrogen) atoms. The Morgan fingerprint density at radius 1 is 1.03 bits per heavy atom. The minimum absolute atomic E-state index is 0.0552. The van der Waals surface area contributed by atoms with Crippen LogP contribution in [0.25, 0.3) is 11.1 Å². The number of fused-ring (bicyclic) bond motifs is 1. The summed E-state index contributed by atoms with van der Waals surface area (Å²) in [5.74, 6) is 1.69. The van der Waals surface area contributed by atoms with Crippen LogP contribution in [0.2, 0.25) is 0 Å². The molecule has 0 saturated carbocycles. The summed E-state index contributed by atoms with van der Waals surface area (Å²) in [5.41, 5.74) is 3.76. The predicted molar refractivity (Wildman–Crippen MR) is 124 cm³/mol. The van der Waals surface area contributed by atoms with Crippen molar-refractivity contribution in [2.45, 2.75) is 38.5 Å². The van der Waals surface area contributed by atoms with E-state index in [1.165, 1.54) is 18.5 Å². The molecule has 1 aromatic heterocycles. The summed E-state index contributed by atoms with van der Waals surface area (Å²) in [5, 5.41) is 3.06. The molecule has 0 aliphatic carbocycles. The maximum atomic E-state index is 12.9. The Labute approximate surface area is 183 Å². The molecule has 2 aromatic carbocycles. The molecule has 5 rings (SSSR count). The van der Waals surface area contributed by atoms with Crippen molar-refractivity contribution in [1.82, 2.24) is 9.88 Å². The number of likely N-dealkylation sites (tertiary alicyclic amines) is 1. The molecule has 162 valence electrons. The van der Waals surface area contributed by atoms with Crippen LogP contribution in [-0.4, -0.2) is 42.1 Å². The number of oxazole rings is 1. The van der Waals surface area contributed by atoms with E-state index in [4.69, 9.17) is 4.42 Å². The van der Waals surface area contributed by atoms with Gasteiger partial charge in [0.2, 0.25) is 0 Å². The van der Waals surface area contributed by atoms with Crippen molar-refractivity contribution in [1.29, 1.82) is 0 Å². The van der Waals surface area contributed by atoms with E-state index < -0.39 is 0 Å². The number of piperidine rings is 2. The number of nitrogens with zero attached hydrogens (tertiary/aromatic N) is 3. The second-order valence-electron chi connectivity index (χ2n) is 8.95. The Morgan fingerprint density at radius 3 is 2.58 bits per heavy atom. The number of carbonyl (C=O) groups is 1. The average molecular weight is 419 g/mol. The Bertz CT molecular complexity index is 1000. The number of aromatic nitrogens is 1. The van der Waals surface area contributed by atoms with Crippen LogP contribution >= 0.6 is 0 Å². The zero-order chi connectivity index (χ0) is 21.2. The van der Waals surface area contributed by atoms with Gasteiger partial charge in [-0.1, -0.05) is 19.1 Å². The standard InChI is InChI=1S/C25H30N4O2/c1-18-12-15-28(16-13-18)21-10-8-20(9-11-21)26-25(30)29-14-4-5-19(17-29)24-27-22-6-2-3-7-23(22)31-24/h2-3,6-11,18-19H,4-5,12-17H2,1H3,(H,26,30). The highest BCUT2D eigenvalue weighted by molar-refractivity contribution is 5.89. The molecule has 2 aliphatic heterocycles. The lowest BCUT2D eigenvalue weighted by molar-refractivity contribution is 0.187. The number of nitrogens with one attached hydrogen (secondary N) is 1. The maximum absolute atomic E-state index is 12.9. The Morgan fingerprint density at radius 2 is 1.81 bits per heavy atom. The molecular formula is C25H30N4O2. The van der Waals surface area contributed by atoms with E-state index in [1.54, 1.807) is 0 Å². The number of benzene rings is 2. The molecule has 3 aromatic rings. The molecule has 2 amide bonds. The van der Waals surface area contributed by atoms with Crippen molar-refractivity contribution in [3.8, 4) is 0 Å². The zero-order valence-electron chi connectivity index (χ0n) is 18.1. The van der Waals surface area contributed by atoms with Gasteiger partial charge in [0.1, 0.15) is 5.52 Å². The summed E-state index contributed by atoms with van der Waals surface area (Å²) >= 11 is 0. The fourth-order valence-corrected chi connectivity index (χ4v) is 4.65. The number of hydrogen-bond donors (Lipinski definition) is 1. The molecular weight excluding hydrogens is 388 g/mol. The summed E-state index contributed by atoms with van der Waals surface area (Å²) in [6.07, 6.45) is 4.42. The van der Waals surface area contributed by atoms with Crippen LogP contribution in [0.3, 0.4) is 0 Å². The highest BCUT2D eigenvalue weighted by Gasteiger charge is 2.28. The quantitative estimate of drug-likeness (QED) is 0.612. The second kappa shape index (κ2) is 8.61. The van der Waals surface area contributed by atoms with Crippen molar-refractivity contribution < 1.29 is 9.21 Å². The van der Waals surface area contributed by atoms with Crippen LogP contribution in [0.5, 0.6) is 0 Å². The van der Waals surface area contributed by atoms with E-state index in [0.717, 1.165) is 61.1 Å². The molecule has 1 N–H and O–H groups in total. The van der Waals surface area contributed by atoms with E-state index in [-0.39, 0.29) is 11.9 Å². The van der Waals surface area contributed by atoms with Crippen LogP contribution in [0.4, 0.5) is 16.2 Å². The Balaban J connectivity index is 1.21. The van der Waals surface area contributed by atoms with Gasteiger partial charge in [-0.3, -0.25) is 0 Å². The number of rotatable bonds is 3. The van der Waals surface area contributed by atoms with Crippen LogP contribution in [0.15, 0.2) is 52.9 Å². The first-order valence-electron chi connectivity index (χ1n) is 11.4. The van der Waals surface area contributed by atoms with Crippen LogP contribution in [0.1, 0.15) is 44.4 Å². The minimum atomic E-state index is -0.0552. The van der Waals surface area contributed by atoms with E-state index in [9.17, 15) is 4.79 Å². The molecule has 0 radical (unpaired) electrons. The first-order valence-corrected chi connectivity index (χ1v) is 11.4. The van der Waals surface area contributed by atoms with Gasteiger partial charge in [-0.05, 0) is 68.0 Å². The van der Waals surface area contributed by atoms with E-state index in [1.807, 2.05) is 41.3 Å². The lowest BCUT2D eigenvalue weighted by atomic mass is 9.98. The number of hydrogen-bond acceptors (Lipinski definition) is 4. The predicted octanol–water partition coefficient (Wildman–Crippen LogP) is 5.48. The van der Waals surface area contributed by atoms with Gasteiger partial charge >= 0.3 is 6.03 Å². The van der Waals surface area contributed by atoms with Crippen molar-refractivity contribution in [3.05, 3.63) is 54.4 Å². The lowest BCUT2D eigenvalue weighted by Crippen LogP contribution is -2.41. The van der Waals surface area contributed by atoms with Gasteiger partial charge in [0.25, 0.3) is 0 Å². The van der Waals surface area contributed by atoms with Crippen molar-refractivity contribution in [2.24, 2.45) is 5.92 Å². The van der Waals surface area contributed by atoms with Gasteiger partial charge in [-0.15, -0.1) is 0 Å². The molecule has 2 aliphatic rings. The summed E-state index contributed by atoms with van der Waals surface area (Å²) in [7, 11) is 0. The molecule has 1 atom stereocenters. The van der Waals surface area contributed by atoms with Crippen LogP contribution in [-0.2, 0) is 0 Å². The van der Waals surface area contributed by atoms with Crippen molar-refractivity contribution in [3.63, 3.8) is 0 Å². The van der Waals surface area contributed by atoms with Crippen LogP contribution < -0.4 is 10.2 Å². The normalized spacial score (nSPS) is 20.2. The van der Waals surface area contributed by atoms with Crippen LogP contribution in [0, 0.1) is 5.92 Å². The third-order valence-corrected chi connectivity index (χ3v) is 6.64. The van der Waals surface area contributed by atoms with Gasteiger partial charge in [0, 0.05) is 37.6 Å². The fraction of sp³-hybridized carbons (Fsp3) is 0.440. The fourth-order valence-electron chi connectivity index (χ4n) is 4.65. The topological polar surface area (TPSA) is 61.6 Å². The Kier molecular flexibility index (Phi) is 5.53. The summed E-state index contributed by atoms with van der Waals surface area (Å²) in [4.78, 5) is 21.8. The highest BCUT2D eigenvalue weighted by atomic mass is 16.3. The third-order valence-electron chi connectivity index (χ3n) is 6.64. The Hall–Kier alpha value is -3.02. The molecule has 3 heterocycles. The van der Waals surface area contributed by atoms with E-state index in [0.29, 0.717) is 6.54 Å². The van der Waals surface area contributed by atoms with Gasteiger partial charge < -0.3 is 19.5 Å². The number of anilines is 2. The smallest absolute Gasteiger partial charge is 0.321 e. The first kappa shape index (κ1) is 19.9. The zero-order valence-corrected chi connectivity index (χ0v) is 18.1.